The molecule has 0 aliphatic carbocycles. The second-order valence-corrected chi connectivity index (χ2v) is 4.19. The fourth-order valence-corrected chi connectivity index (χ4v) is 2.99. The highest BCUT2D eigenvalue weighted by molar-refractivity contribution is 8.77. The van der Waals surface area contributed by atoms with Crippen LogP contribution in [0.1, 0.15) is 12.8 Å². The first kappa shape index (κ1) is 8.81. The van der Waals surface area contributed by atoms with Gasteiger partial charge in [-0.15, -0.1) is 13.2 Å². The Morgan fingerprint density at radius 2 is 2.00 bits per heavy atom. The molecule has 0 radical (unpaired) electrons. The van der Waals surface area contributed by atoms with E-state index in [1.165, 1.54) is 10.6 Å². The molecule has 1 heterocycles. The van der Waals surface area contributed by atoms with Crippen LogP contribution in [-0.4, -0.2) is 0 Å². The Bertz CT molecular complexity index is 176. The molecular formula is C8H11NS2. The minimum Gasteiger partial charge on any atom is -0.323 e. The van der Waals surface area contributed by atoms with Crippen LogP contribution in [0.2, 0.25) is 0 Å². The van der Waals surface area contributed by atoms with Gasteiger partial charge in [0.05, 0.1) is 0 Å². The molecule has 0 saturated carbocycles. The van der Waals surface area contributed by atoms with E-state index in [1.807, 2.05) is 12.2 Å². The second kappa shape index (κ2) is 4.57. The van der Waals surface area contributed by atoms with E-state index in [4.69, 9.17) is 0 Å². The van der Waals surface area contributed by atoms with Crippen molar-refractivity contribution in [1.29, 1.82) is 0 Å². The molecule has 1 nitrogen and oxygen atoms in total. The van der Waals surface area contributed by atoms with Crippen molar-refractivity contribution in [3.63, 3.8) is 0 Å². The van der Waals surface area contributed by atoms with Gasteiger partial charge in [-0.3, -0.25) is 0 Å². The van der Waals surface area contributed by atoms with Crippen molar-refractivity contribution < 1.29 is 0 Å². The third-order valence-corrected chi connectivity index (χ3v) is 3.45. The predicted molar refractivity (Wildman–Crippen MR) is 55.0 cm³/mol. The quantitative estimate of drug-likeness (QED) is 0.410. The molecule has 11 heavy (non-hydrogen) atoms. The van der Waals surface area contributed by atoms with E-state index < -0.39 is 0 Å². The van der Waals surface area contributed by atoms with Gasteiger partial charge in [-0.1, -0.05) is 12.2 Å². The van der Waals surface area contributed by atoms with Crippen molar-refractivity contribution in [2.75, 3.05) is 0 Å². The maximum absolute atomic E-state index is 3.71. The predicted octanol–water partition coefficient (Wildman–Crippen LogP) is 3.25. The van der Waals surface area contributed by atoms with Gasteiger partial charge in [0.2, 0.25) is 0 Å². The zero-order valence-electron chi connectivity index (χ0n) is 6.30. The molecule has 1 aliphatic rings. The molecule has 0 saturated heterocycles. The average molecular weight is 185 g/mol. The van der Waals surface area contributed by atoms with Crippen molar-refractivity contribution >= 4 is 21.8 Å². The van der Waals surface area contributed by atoms with Gasteiger partial charge in [-0.05, 0) is 17.2 Å². The monoisotopic (exact) mass is 185 g/mol. The highest BCUT2D eigenvalue weighted by Crippen LogP contribution is 2.40. The van der Waals surface area contributed by atoms with Crippen molar-refractivity contribution in [3.8, 4) is 0 Å². The Morgan fingerprint density at radius 3 is 2.64 bits per heavy atom. The Balaban J connectivity index is 2.60. The van der Waals surface area contributed by atoms with E-state index in [1.54, 1.807) is 21.8 Å². The van der Waals surface area contributed by atoms with Crippen LogP contribution in [0.15, 0.2) is 35.9 Å². The first-order valence-corrected chi connectivity index (χ1v) is 5.56. The summed E-state index contributed by atoms with van der Waals surface area (Å²) < 4.78 is 3.23. The maximum Gasteiger partial charge on any atom is 0.0363 e. The van der Waals surface area contributed by atoms with Gasteiger partial charge < -0.3 is 4.72 Å². The number of hydrogen-bond acceptors (Lipinski definition) is 3. The molecule has 0 aromatic rings. The van der Waals surface area contributed by atoms with E-state index in [0.29, 0.717) is 0 Å². The molecule has 0 aromatic carbocycles. The largest absolute Gasteiger partial charge is 0.323 e. The summed E-state index contributed by atoms with van der Waals surface area (Å²) in [6.45, 7) is 7.41. The summed E-state index contributed by atoms with van der Waals surface area (Å²) in [5.74, 6) is 0. The summed E-state index contributed by atoms with van der Waals surface area (Å²) in [4.78, 5) is 1.38. The van der Waals surface area contributed by atoms with Crippen LogP contribution in [0.4, 0.5) is 0 Å². The summed E-state index contributed by atoms with van der Waals surface area (Å²) in [6.07, 6.45) is 5.74. The molecule has 60 valence electrons. The Kier molecular flexibility index (Phi) is 3.66. The molecule has 3 heteroatoms. The van der Waals surface area contributed by atoms with E-state index in [2.05, 4.69) is 17.9 Å². The van der Waals surface area contributed by atoms with Gasteiger partial charge in [0.1, 0.15) is 0 Å². The molecular weight excluding hydrogens is 174 g/mol. The van der Waals surface area contributed by atoms with E-state index in [0.717, 1.165) is 12.8 Å². The molecule has 0 amide bonds. The van der Waals surface area contributed by atoms with Crippen molar-refractivity contribution in [2.45, 2.75) is 12.8 Å². The van der Waals surface area contributed by atoms with Gasteiger partial charge in [0, 0.05) is 28.0 Å². The van der Waals surface area contributed by atoms with Gasteiger partial charge in [0.25, 0.3) is 0 Å². The maximum atomic E-state index is 3.71. The smallest absolute Gasteiger partial charge is 0.0363 e. The third-order valence-electron chi connectivity index (χ3n) is 1.32. The molecule has 0 fully saturated rings. The van der Waals surface area contributed by atoms with E-state index in [9.17, 15) is 0 Å². The summed E-state index contributed by atoms with van der Waals surface area (Å²) in [6, 6.07) is 0. The number of allylic oxidation sites excluding steroid dienone is 3. The summed E-state index contributed by atoms with van der Waals surface area (Å²) in [5, 5.41) is 0. The first-order valence-electron chi connectivity index (χ1n) is 3.42. The van der Waals surface area contributed by atoms with E-state index >= 15 is 0 Å². The molecule has 0 bridgehead atoms. The summed E-state index contributed by atoms with van der Waals surface area (Å²) in [5.41, 5.74) is 1.29. The topological polar surface area (TPSA) is 12.0 Å². The zero-order valence-corrected chi connectivity index (χ0v) is 7.93. The van der Waals surface area contributed by atoms with Crippen LogP contribution in [0.3, 0.4) is 0 Å². The molecule has 0 aromatic heterocycles. The minimum absolute atomic E-state index is 0.934. The van der Waals surface area contributed by atoms with Gasteiger partial charge in [-0.25, -0.2) is 0 Å². The Labute approximate surface area is 75.6 Å². The molecule has 0 spiro atoms. The van der Waals surface area contributed by atoms with E-state index in [-0.39, 0.29) is 0 Å². The number of hydrogen-bond donors (Lipinski definition) is 1. The van der Waals surface area contributed by atoms with Gasteiger partial charge in [0.15, 0.2) is 0 Å². The Hall–Kier alpha value is -0.280. The normalized spacial score (nSPS) is 16.4. The van der Waals surface area contributed by atoms with Crippen LogP contribution in [0.25, 0.3) is 0 Å². The van der Waals surface area contributed by atoms with Crippen LogP contribution >= 0.6 is 21.8 Å². The fourth-order valence-electron chi connectivity index (χ4n) is 0.817. The molecule has 0 atom stereocenters. The highest BCUT2D eigenvalue weighted by atomic mass is 33.1. The number of rotatable bonds is 4. The lowest BCUT2D eigenvalue weighted by atomic mass is 10.2. The van der Waals surface area contributed by atoms with Crippen LogP contribution in [0, 0.1) is 0 Å². The van der Waals surface area contributed by atoms with Gasteiger partial charge >= 0.3 is 0 Å². The summed E-state index contributed by atoms with van der Waals surface area (Å²) >= 11 is 0. The first-order chi connectivity index (χ1) is 5.38. The van der Waals surface area contributed by atoms with Crippen LogP contribution in [-0.2, 0) is 0 Å². The lowest BCUT2D eigenvalue weighted by molar-refractivity contribution is 1.07. The average Bonchev–Trinajstić information content (AvgIpc) is 2.39. The lowest BCUT2D eigenvalue weighted by Crippen LogP contribution is -1.96. The third kappa shape index (κ3) is 2.34. The molecule has 1 N–H and O–H groups in total. The van der Waals surface area contributed by atoms with Crippen molar-refractivity contribution in [1.82, 2.24) is 4.72 Å². The minimum atomic E-state index is 0.934. The fraction of sp³-hybridized carbons (Fsp3) is 0.250. The van der Waals surface area contributed by atoms with Crippen LogP contribution in [0.5, 0.6) is 0 Å². The highest BCUT2D eigenvalue weighted by Gasteiger charge is 2.12. The lowest BCUT2D eigenvalue weighted by Gasteiger charge is -1.98. The van der Waals surface area contributed by atoms with Crippen molar-refractivity contribution in [3.05, 3.63) is 35.9 Å². The molecule has 0 unspecified atom stereocenters. The zero-order chi connectivity index (χ0) is 8.10. The SMILES string of the molecule is C=CCC1=C(CC=C)SSN1. The van der Waals surface area contributed by atoms with Gasteiger partial charge in [-0.2, -0.15) is 0 Å². The molecule has 1 rings (SSSR count). The number of nitrogens with one attached hydrogen (secondary N) is 1. The molecule has 1 aliphatic heterocycles. The summed E-state index contributed by atoms with van der Waals surface area (Å²) in [7, 11) is 3.45. The Morgan fingerprint density at radius 1 is 1.27 bits per heavy atom. The standard InChI is InChI=1S/C8H11NS2/c1-3-5-7-8(6-4-2)10-11-9-7/h3-4,9H,1-2,5-6H2. The second-order valence-electron chi connectivity index (χ2n) is 2.16. The van der Waals surface area contributed by atoms with Crippen LogP contribution < -0.4 is 4.72 Å². The van der Waals surface area contributed by atoms with Crippen molar-refractivity contribution in [2.24, 2.45) is 0 Å².